The molecule has 2 rings (SSSR count). The maximum atomic E-state index is 13.1. The fraction of sp³-hybridized carbons (Fsp3) is 0.625. The van der Waals surface area contributed by atoms with Crippen LogP contribution >= 0.6 is 11.6 Å². The van der Waals surface area contributed by atoms with Gasteiger partial charge in [-0.05, 0) is 42.4 Å². The minimum atomic E-state index is -3.43. The first-order valence-corrected chi connectivity index (χ1v) is 9.58. The summed E-state index contributed by atoms with van der Waals surface area (Å²) in [5.41, 5.74) is 1.73. The van der Waals surface area contributed by atoms with Gasteiger partial charge in [-0.25, -0.2) is 8.42 Å². The van der Waals surface area contributed by atoms with Crippen LogP contribution in [0.25, 0.3) is 0 Å². The maximum absolute atomic E-state index is 13.1. The number of hydrogen-bond donors (Lipinski definition) is 0. The van der Waals surface area contributed by atoms with Crippen LogP contribution in [0, 0.1) is 5.92 Å². The van der Waals surface area contributed by atoms with Gasteiger partial charge in [-0.15, -0.1) is 11.6 Å². The molecule has 1 atom stereocenters. The third kappa shape index (κ3) is 3.27. The van der Waals surface area contributed by atoms with Crippen molar-refractivity contribution in [2.24, 2.45) is 5.92 Å². The molecule has 1 fully saturated rings. The molecule has 1 aliphatic heterocycles. The van der Waals surface area contributed by atoms with Crippen LogP contribution in [0.3, 0.4) is 0 Å². The Hall–Kier alpha value is -0.580. The minimum Gasteiger partial charge on any atom is -0.207 e. The summed E-state index contributed by atoms with van der Waals surface area (Å²) in [4.78, 5) is 0.440. The summed E-state index contributed by atoms with van der Waals surface area (Å²) in [6.45, 7) is 6.79. The quantitative estimate of drug-likeness (QED) is 0.771. The fourth-order valence-corrected chi connectivity index (χ4v) is 5.41. The predicted octanol–water partition coefficient (Wildman–Crippen LogP) is 3.80. The Morgan fingerprint density at radius 1 is 1.38 bits per heavy atom. The highest BCUT2D eigenvalue weighted by Gasteiger charge is 2.37. The van der Waals surface area contributed by atoms with Crippen molar-refractivity contribution in [2.45, 2.75) is 56.9 Å². The lowest BCUT2D eigenvalue weighted by Gasteiger charge is -2.28. The van der Waals surface area contributed by atoms with Crippen molar-refractivity contribution < 1.29 is 8.42 Å². The highest BCUT2D eigenvalue weighted by molar-refractivity contribution is 7.89. The summed E-state index contributed by atoms with van der Waals surface area (Å²) in [6.07, 6.45) is 2.60. The molecular formula is C16H24ClNO2S. The number of benzene rings is 1. The van der Waals surface area contributed by atoms with Crippen molar-refractivity contribution in [3.05, 3.63) is 29.3 Å². The molecule has 118 valence electrons. The van der Waals surface area contributed by atoms with Crippen molar-refractivity contribution in [1.82, 2.24) is 4.31 Å². The van der Waals surface area contributed by atoms with E-state index in [1.165, 1.54) is 0 Å². The van der Waals surface area contributed by atoms with Crippen molar-refractivity contribution in [3.63, 3.8) is 0 Å². The Labute approximate surface area is 133 Å². The normalized spacial score (nSPS) is 20.3. The van der Waals surface area contributed by atoms with Crippen LogP contribution in [-0.4, -0.2) is 25.3 Å². The number of aryl methyl sites for hydroxylation is 1. The lowest BCUT2D eigenvalue weighted by atomic mass is 10.0. The zero-order valence-electron chi connectivity index (χ0n) is 13.0. The van der Waals surface area contributed by atoms with Gasteiger partial charge < -0.3 is 0 Å². The molecular weight excluding hydrogens is 306 g/mol. The average Bonchev–Trinajstić information content (AvgIpc) is 2.97. The summed E-state index contributed by atoms with van der Waals surface area (Å²) < 4.78 is 27.9. The van der Waals surface area contributed by atoms with Gasteiger partial charge in [0, 0.05) is 18.5 Å². The van der Waals surface area contributed by atoms with E-state index in [0.29, 0.717) is 29.7 Å². The first kappa shape index (κ1) is 16.8. The van der Waals surface area contributed by atoms with Gasteiger partial charge in [0.25, 0.3) is 0 Å². The van der Waals surface area contributed by atoms with E-state index in [1.807, 2.05) is 19.1 Å². The monoisotopic (exact) mass is 329 g/mol. The molecule has 21 heavy (non-hydrogen) atoms. The van der Waals surface area contributed by atoms with Crippen LogP contribution in [-0.2, 0) is 22.3 Å². The highest BCUT2D eigenvalue weighted by Crippen LogP contribution is 2.32. The van der Waals surface area contributed by atoms with E-state index in [9.17, 15) is 8.42 Å². The van der Waals surface area contributed by atoms with E-state index in [4.69, 9.17) is 11.6 Å². The molecule has 0 aliphatic carbocycles. The second kappa shape index (κ2) is 6.67. The molecule has 0 radical (unpaired) electrons. The number of halogens is 1. The second-order valence-corrected chi connectivity index (χ2v) is 8.12. The van der Waals surface area contributed by atoms with Gasteiger partial charge in [0.05, 0.1) is 4.90 Å². The second-order valence-electron chi connectivity index (χ2n) is 6.00. The maximum Gasteiger partial charge on any atom is 0.243 e. The van der Waals surface area contributed by atoms with E-state index in [0.717, 1.165) is 24.0 Å². The van der Waals surface area contributed by atoms with Gasteiger partial charge in [0.15, 0.2) is 0 Å². The van der Waals surface area contributed by atoms with Gasteiger partial charge >= 0.3 is 0 Å². The third-order valence-corrected chi connectivity index (χ3v) is 6.59. The van der Waals surface area contributed by atoms with Gasteiger partial charge in [0.1, 0.15) is 0 Å². The van der Waals surface area contributed by atoms with E-state index in [-0.39, 0.29) is 6.04 Å². The van der Waals surface area contributed by atoms with Crippen LogP contribution in [0.15, 0.2) is 23.1 Å². The topological polar surface area (TPSA) is 37.4 Å². The Kier molecular flexibility index (Phi) is 5.33. The van der Waals surface area contributed by atoms with Gasteiger partial charge in [-0.1, -0.05) is 32.9 Å². The minimum absolute atomic E-state index is 0.111. The van der Waals surface area contributed by atoms with Crippen molar-refractivity contribution in [2.75, 3.05) is 6.54 Å². The smallest absolute Gasteiger partial charge is 0.207 e. The molecule has 0 amide bonds. The summed E-state index contributed by atoms with van der Waals surface area (Å²) >= 11 is 5.87. The summed E-state index contributed by atoms with van der Waals surface area (Å²) in [7, 11) is -3.43. The molecule has 0 N–H and O–H groups in total. The summed E-state index contributed by atoms with van der Waals surface area (Å²) in [5, 5.41) is 0. The Morgan fingerprint density at radius 2 is 2.10 bits per heavy atom. The highest BCUT2D eigenvalue weighted by atomic mass is 35.5. The van der Waals surface area contributed by atoms with Crippen LogP contribution < -0.4 is 0 Å². The summed E-state index contributed by atoms with van der Waals surface area (Å²) in [5.74, 6) is 0.670. The molecule has 1 aliphatic rings. The number of nitrogens with zero attached hydrogens (tertiary/aromatic N) is 1. The number of hydrogen-bond acceptors (Lipinski definition) is 2. The van der Waals surface area contributed by atoms with Gasteiger partial charge in [-0.3, -0.25) is 0 Å². The van der Waals surface area contributed by atoms with Crippen LogP contribution in [0.2, 0.25) is 0 Å². The Morgan fingerprint density at radius 3 is 2.67 bits per heavy atom. The third-order valence-electron chi connectivity index (χ3n) is 4.27. The molecule has 1 unspecified atom stereocenters. The van der Waals surface area contributed by atoms with Crippen molar-refractivity contribution in [3.8, 4) is 0 Å². The zero-order valence-corrected chi connectivity index (χ0v) is 14.5. The molecule has 5 heteroatoms. The van der Waals surface area contributed by atoms with Crippen molar-refractivity contribution >= 4 is 21.6 Å². The van der Waals surface area contributed by atoms with Crippen LogP contribution in [0.4, 0.5) is 0 Å². The molecule has 3 nitrogen and oxygen atoms in total. The molecule has 0 spiro atoms. The molecule has 0 saturated carbocycles. The lowest BCUT2D eigenvalue weighted by molar-refractivity contribution is 0.315. The standard InChI is InChI=1S/C16H24ClNO2S/c1-4-14-8-7-13(11-17)10-16(14)21(19,20)18-9-5-6-15(18)12(2)3/h7-8,10,12,15H,4-6,9,11H2,1-3H3. The van der Waals surface area contributed by atoms with Crippen LogP contribution in [0.5, 0.6) is 0 Å². The van der Waals surface area contributed by atoms with E-state index in [1.54, 1.807) is 10.4 Å². The van der Waals surface area contributed by atoms with Gasteiger partial charge in [0.2, 0.25) is 10.0 Å². The predicted molar refractivity (Wildman–Crippen MR) is 87.1 cm³/mol. The SMILES string of the molecule is CCc1ccc(CCl)cc1S(=O)(=O)N1CCCC1C(C)C. The first-order chi connectivity index (χ1) is 9.91. The molecule has 1 aromatic carbocycles. The molecule has 1 saturated heterocycles. The fourth-order valence-electron chi connectivity index (χ4n) is 3.07. The summed E-state index contributed by atoms with van der Waals surface area (Å²) in [6, 6.07) is 5.66. The van der Waals surface area contributed by atoms with E-state index < -0.39 is 10.0 Å². The van der Waals surface area contributed by atoms with E-state index in [2.05, 4.69) is 13.8 Å². The number of rotatable bonds is 5. The Bertz CT molecular complexity index is 598. The number of sulfonamides is 1. The first-order valence-electron chi connectivity index (χ1n) is 7.61. The molecule has 1 aromatic rings. The molecule has 0 bridgehead atoms. The van der Waals surface area contributed by atoms with Crippen molar-refractivity contribution in [1.29, 1.82) is 0 Å². The molecule has 1 heterocycles. The number of alkyl halides is 1. The molecule has 0 aromatic heterocycles. The largest absolute Gasteiger partial charge is 0.243 e. The lowest BCUT2D eigenvalue weighted by Crippen LogP contribution is -2.38. The van der Waals surface area contributed by atoms with Gasteiger partial charge in [-0.2, -0.15) is 4.31 Å². The zero-order chi connectivity index (χ0) is 15.6. The average molecular weight is 330 g/mol. The van der Waals surface area contributed by atoms with Crippen LogP contribution in [0.1, 0.15) is 44.7 Å². The van der Waals surface area contributed by atoms with E-state index >= 15 is 0 Å². The Balaban J connectivity index is 2.48.